The van der Waals surface area contributed by atoms with Crippen LogP contribution in [-0.2, 0) is 13.0 Å². The monoisotopic (exact) mass is 204 g/mol. The second-order valence-electron chi connectivity index (χ2n) is 3.94. The number of rotatable bonds is 0. The van der Waals surface area contributed by atoms with Gasteiger partial charge in [-0.15, -0.1) is 4.79 Å². The van der Waals surface area contributed by atoms with E-state index in [1.54, 1.807) is 6.20 Å². The zero-order valence-electron chi connectivity index (χ0n) is 8.31. The van der Waals surface area contributed by atoms with E-state index in [1.807, 2.05) is 6.07 Å². The van der Waals surface area contributed by atoms with Crippen LogP contribution in [0, 0.1) is 0 Å². The van der Waals surface area contributed by atoms with Gasteiger partial charge in [0.2, 0.25) is 0 Å². The van der Waals surface area contributed by atoms with Crippen molar-refractivity contribution in [3.63, 3.8) is 0 Å². The number of nitrogens with zero attached hydrogens (tertiary/aromatic N) is 3. The Morgan fingerprint density at radius 2 is 2.27 bits per heavy atom. The minimum absolute atomic E-state index is 0.214. The number of aryl methyl sites for hydroxylation is 2. The Balaban J connectivity index is 2.41. The first kappa shape index (κ1) is 8.52. The summed E-state index contributed by atoms with van der Waals surface area (Å²) in [6.45, 7) is 0.981. The summed E-state index contributed by atoms with van der Waals surface area (Å²) in [5.74, 6) is 5.43. The predicted octanol–water partition coefficient (Wildman–Crippen LogP) is 0.248. The molecule has 3 heterocycles. The lowest BCUT2D eigenvalue weighted by Gasteiger charge is -2.15. The lowest BCUT2D eigenvalue weighted by molar-refractivity contribution is 0.544. The van der Waals surface area contributed by atoms with Gasteiger partial charge in [-0.1, -0.05) is 0 Å². The van der Waals surface area contributed by atoms with Gasteiger partial charge in [0.15, 0.2) is 0 Å². The molecule has 5 nitrogen and oxygen atoms in total. The summed E-state index contributed by atoms with van der Waals surface area (Å²) >= 11 is 0. The van der Waals surface area contributed by atoms with Crippen molar-refractivity contribution in [3.8, 4) is 0 Å². The van der Waals surface area contributed by atoms with Gasteiger partial charge < -0.3 is 10.4 Å². The Kier molecular flexibility index (Phi) is 1.62. The minimum atomic E-state index is -0.214. The molecule has 3 rings (SSSR count). The predicted molar refractivity (Wildman–Crippen MR) is 57.1 cm³/mol. The van der Waals surface area contributed by atoms with Gasteiger partial charge in [-0.3, -0.25) is 4.79 Å². The Morgan fingerprint density at radius 3 is 3.13 bits per heavy atom. The molecule has 5 heteroatoms. The van der Waals surface area contributed by atoms with Crippen LogP contribution in [0.25, 0.3) is 10.9 Å². The third-order valence-corrected chi connectivity index (χ3v) is 3.03. The summed E-state index contributed by atoms with van der Waals surface area (Å²) in [4.78, 5) is 12.6. The van der Waals surface area contributed by atoms with Gasteiger partial charge in [0.25, 0.3) is 5.56 Å². The number of aromatic nitrogens is 3. The van der Waals surface area contributed by atoms with Gasteiger partial charge in [-0.05, 0) is 25.3 Å². The fourth-order valence-corrected chi connectivity index (χ4v) is 2.27. The van der Waals surface area contributed by atoms with Crippen LogP contribution in [0.4, 0.5) is 0 Å². The molecule has 0 amide bonds. The second kappa shape index (κ2) is 2.85. The van der Waals surface area contributed by atoms with E-state index in [-0.39, 0.29) is 5.56 Å². The first-order chi connectivity index (χ1) is 7.27. The topological polar surface area (TPSA) is 65.8 Å². The minimum Gasteiger partial charge on any atom is -0.343 e. The lowest BCUT2D eigenvalue weighted by Crippen LogP contribution is -2.29. The van der Waals surface area contributed by atoms with Gasteiger partial charge in [0.1, 0.15) is 0 Å². The van der Waals surface area contributed by atoms with Crippen molar-refractivity contribution in [2.24, 2.45) is 0 Å². The van der Waals surface area contributed by atoms with Crippen LogP contribution in [0.5, 0.6) is 0 Å². The van der Waals surface area contributed by atoms with Crippen molar-refractivity contribution in [2.45, 2.75) is 25.8 Å². The fraction of sp³-hybridized carbons (Fsp3) is 0.400. The second-order valence-corrected chi connectivity index (χ2v) is 3.94. The average molecular weight is 204 g/mol. The Morgan fingerprint density at radius 1 is 1.40 bits per heavy atom. The molecule has 0 spiro atoms. The zero-order valence-corrected chi connectivity index (χ0v) is 8.31. The van der Waals surface area contributed by atoms with Gasteiger partial charge in [-0.2, -0.15) is 5.10 Å². The molecule has 15 heavy (non-hydrogen) atoms. The SMILES string of the molecule is Nn1ncc2c(cc3n2CCCC3)c1=O. The van der Waals surface area contributed by atoms with Crippen LogP contribution in [0.3, 0.4) is 0 Å². The molecule has 0 radical (unpaired) electrons. The first-order valence-electron chi connectivity index (χ1n) is 5.13. The Hall–Kier alpha value is -1.78. The number of nitrogen functional groups attached to an aromatic ring is 1. The summed E-state index contributed by atoms with van der Waals surface area (Å²) in [5, 5.41) is 4.53. The normalized spacial score (nSPS) is 15.5. The number of hydrogen-bond donors (Lipinski definition) is 1. The lowest BCUT2D eigenvalue weighted by atomic mass is 10.1. The van der Waals surface area contributed by atoms with Crippen LogP contribution in [-0.4, -0.2) is 14.5 Å². The maximum absolute atomic E-state index is 11.7. The first-order valence-corrected chi connectivity index (χ1v) is 5.13. The number of nitrogens with two attached hydrogens (primary N) is 1. The van der Waals surface area contributed by atoms with E-state index in [1.165, 1.54) is 18.5 Å². The van der Waals surface area contributed by atoms with Gasteiger partial charge in [0.05, 0.1) is 17.1 Å². The van der Waals surface area contributed by atoms with Gasteiger partial charge >= 0.3 is 0 Å². The van der Waals surface area contributed by atoms with E-state index < -0.39 is 0 Å². The molecule has 0 saturated heterocycles. The maximum atomic E-state index is 11.7. The van der Waals surface area contributed by atoms with Crippen molar-refractivity contribution in [1.29, 1.82) is 0 Å². The molecule has 2 aromatic rings. The average Bonchev–Trinajstić information content (AvgIpc) is 2.63. The molecule has 0 aliphatic carbocycles. The van der Waals surface area contributed by atoms with Crippen molar-refractivity contribution in [3.05, 3.63) is 28.3 Å². The third kappa shape index (κ3) is 1.09. The van der Waals surface area contributed by atoms with Crippen molar-refractivity contribution in [2.75, 3.05) is 5.84 Å². The van der Waals surface area contributed by atoms with Crippen LogP contribution in [0.15, 0.2) is 17.1 Å². The molecule has 78 valence electrons. The highest BCUT2D eigenvalue weighted by molar-refractivity contribution is 5.79. The largest absolute Gasteiger partial charge is 0.343 e. The summed E-state index contributed by atoms with van der Waals surface area (Å²) < 4.78 is 2.17. The molecule has 2 aromatic heterocycles. The molecule has 0 aromatic carbocycles. The van der Waals surface area contributed by atoms with E-state index in [0.29, 0.717) is 5.39 Å². The molecule has 0 atom stereocenters. The maximum Gasteiger partial charge on any atom is 0.295 e. The molecule has 1 aliphatic rings. The molecule has 0 bridgehead atoms. The van der Waals surface area contributed by atoms with Crippen LogP contribution >= 0.6 is 0 Å². The summed E-state index contributed by atoms with van der Waals surface area (Å²) in [6.07, 6.45) is 5.08. The van der Waals surface area contributed by atoms with Gasteiger partial charge in [-0.25, -0.2) is 0 Å². The molecular weight excluding hydrogens is 192 g/mol. The number of fused-ring (bicyclic) bond motifs is 3. The van der Waals surface area contributed by atoms with E-state index in [0.717, 1.165) is 23.3 Å². The highest BCUT2D eigenvalue weighted by Crippen LogP contribution is 2.22. The molecular formula is C10H12N4O. The van der Waals surface area contributed by atoms with E-state index >= 15 is 0 Å². The van der Waals surface area contributed by atoms with E-state index in [2.05, 4.69) is 9.67 Å². The van der Waals surface area contributed by atoms with Crippen LogP contribution in [0.2, 0.25) is 0 Å². The standard InChI is InChI=1S/C10H12N4O/c11-14-10(15)8-5-7-3-1-2-4-13(7)9(8)6-12-14/h5-6H,1-4,11H2. The van der Waals surface area contributed by atoms with Crippen molar-refractivity contribution < 1.29 is 0 Å². The van der Waals surface area contributed by atoms with Gasteiger partial charge in [0, 0.05) is 12.2 Å². The molecule has 1 aliphatic heterocycles. The molecule has 0 fully saturated rings. The highest BCUT2D eigenvalue weighted by atomic mass is 16.1. The third-order valence-electron chi connectivity index (χ3n) is 3.03. The molecule has 0 saturated carbocycles. The molecule has 0 unspecified atom stereocenters. The molecule has 2 N–H and O–H groups in total. The summed E-state index contributed by atoms with van der Waals surface area (Å²) in [5.41, 5.74) is 1.92. The quantitative estimate of drug-likeness (QED) is 0.625. The highest BCUT2D eigenvalue weighted by Gasteiger charge is 2.15. The number of hydrogen-bond acceptors (Lipinski definition) is 3. The fourth-order valence-electron chi connectivity index (χ4n) is 2.27. The zero-order chi connectivity index (χ0) is 10.4. The summed E-state index contributed by atoms with van der Waals surface area (Å²) in [7, 11) is 0. The van der Waals surface area contributed by atoms with Crippen LogP contribution < -0.4 is 11.4 Å². The van der Waals surface area contributed by atoms with Crippen molar-refractivity contribution >= 4 is 10.9 Å². The van der Waals surface area contributed by atoms with Crippen LogP contribution in [0.1, 0.15) is 18.5 Å². The Labute approximate surface area is 86.1 Å². The van der Waals surface area contributed by atoms with E-state index in [9.17, 15) is 4.79 Å². The smallest absolute Gasteiger partial charge is 0.295 e. The van der Waals surface area contributed by atoms with E-state index in [4.69, 9.17) is 5.84 Å². The van der Waals surface area contributed by atoms with Crippen molar-refractivity contribution in [1.82, 2.24) is 14.5 Å². The summed E-state index contributed by atoms with van der Waals surface area (Å²) in [6, 6.07) is 1.95. The Bertz CT molecular complexity index is 581.